The maximum Gasteiger partial charge on any atom is 0.200 e. The second-order valence-electron chi connectivity index (χ2n) is 2.79. The number of nitrogen functional groups attached to an aromatic ring is 1. The molecule has 2 N–H and O–H groups in total. The van der Waals surface area contributed by atoms with Crippen molar-refractivity contribution < 1.29 is 0 Å². The first-order valence-corrected chi connectivity index (χ1v) is 3.96. The van der Waals surface area contributed by atoms with E-state index in [0.717, 1.165) is 18.7 Å². The molecule has 1 aromatic heterocycles. The van der Waals surface area contributed by atoms with Gasteiger partial charge in [-0.15, -0.1) is 0 Å². The fourth-order valence-electron chi connectivity index (χ4n) is 1.19. The number of anilines is 1. The summed E-state index contributed by atoms with van der Waals surface area (Å²) < 4.78 is 2.05. The lowest BCUT2D eigenvalue weighted by molar-refractivity contribution is 0.670. The maximum atomic E-state index is 5.68. The number of aryl methyl sites for hydroxylation is 1. The van der Waals surface area contributed by atoms with E-state index in [9.17, 15) is 0 Å². The van der Waals surface area contributed by atoms with Gasteiger partial charge < -0.3 is 10.3 Å². The van der Waals surface area contributed by atoms with Crippen LogP contribution in [0, 0.1) is 13.8 Å². The average molecular weight is 153 g/mol. The third-order valence-corrected chi connectivity index (χ3v) is 1.93. The summed E-state index contributed by atoms with van der Waals surface area (Å²) in [5, 5.41) is 0. The summed E-state index contributed by atoms with van der Waals surface area (Å²) in [5.41, 5.74) is 7.90. The van der Waals surface area contributed by atoms with Gasteiger partial charge in [0.15, 0.2) is 0 Å². The number of hydrogen-bond donors (Lipinski definition) is 1. The minimum Gasteiger partial charge on any atom is -0.369 e. The summed E-state index contributed by atoms with van der Waals surface area (Å²) in [6, 6.07) is 0. The van der Waals surface area contributed by atoms with Crippen molar-refractivity contribution in [1.29, 1.82) is 0 Å². The van der Waals surface area contributed by atoms with Crippen molar-refractivity contribution in [2.24, 2.45) is 0 Å². The van der Waals surface area contributed by atoms with Gasteiger partial charge in [0.1, 0.15) is 0 Å². The fourth-order valence-corrected chi connectivity index (χ4v) is 1.19. The van der Waals surface area contributed by atoms with Crippen LogP contribution >= 0.6 is 0 Å². The lowest BCUT2D eigenvalue weighted by atomic mass is 10.3. The molecule has 0 spiro atoms. The maximum absolute atomic E-state index is 5.68. The zero-order valence-electron chi connectivity index (χ0n) is 7.39. The number of nitrogens with two attached hydrogens (primary N) is 1. The molecule has 0 unspecified atom stereocenters. The summed E-state index contributed by atoms with van der Waals surface area (Å²) in [7, 11) is 0. The molecule has 0 saturated heterocycles. The standard InChI is InChI=1S/C8H15N3/c1-4-5-11-7(3)6(2)10-8(11)9/h4-5H2,1-3H3,(H2,9,10). The van der Waals surface area contributed by atoms with Crippen LogP contribution in [-0.4, -0.2) is 9.55 Å². The first kappa shape index (κ1) is 8.11. The molecule has 0 saturated carbocycles. The van der Waals surface area contributed by atoms with Gasteiger partial charge in [0.05, 0.1) is 5.69 Å². The van der Waals surface area contributed by atoms with Crippen molar-refractivity contribution in [3.05, 3.63) is 11.4 Å². The van der Waals surface area contributed by atoms with Crippen LogP contribution in [0.15, 0.2) is 0 Å². The van der Waals surface area contributed by atoms with E-state index >= 15 is 0 Å². The number of imidazole rings is 1. The monoisotopic (exact) mass is 153 g/mol. The zero-order chi connectivity index (χ0) is 8.43. The highest BCUT2D eigenvalue weighted by Crippen LogP contribution is 2.11. The van der Waals surface area contributed by atoms with Crippen molar-refractivity contribution in [2.45, 2.75) is 33.7 Å². The Morgan fingerprint density at radius 3 is 2.45 bits per heavy atom. The minimum atomic E-state index is 0.641. The molecule has 1 aromatic rings. The Labute approximate surface area is 67.2 Å². The molecule has 0 fully saturated rings. The molecule has 0 aliphatic carbocycles. The molecule has 3 nitrogen and oxygen atoms in total. The van der Waals surface area contributed by atoms with Crippen LogP contribution in [0.3, 0.4) is 0 Å². The van der Waals surface area contributed by atoms with Crippen LogP contribution in [0.2, 0.25) is 0 Å². The van der Waals surface area contributed by atoms with Crippen LogP contribution < -0.4 is 5.73 Å². The average Bonchev–Trinajstić information content (AvgIpc) is 2.17. The lowest BCUT2D eigenvalue weighted by Crippen LogP contribution is -2.04. The van der Waals surface area contributed by atoms with E-state index in [4.69, 9.17) is 5.73 Å². The van der Waals surface area contributed by atoms with E-state index in [0.29, 0.717) is 5.95 Å². The second-order valence-corrected chi connectivity index (χ2v) is 2.79. The molecule has 0 atom stereocenters. The molecule has 1 rings (SSSR count). The highest BCUT2D eigenvalue weighted by molar-refractivity contribution is 5.27. The van der Waals surface area contributed by atoms with Gasteiger partial charge in [0.2, 0.25) is 5.95 Å². The topological polar surface area (TPSA) is 43.8 Å². The number of rotatable bonds is 2. The lowest BCUT2D eigenvalue weighted by Gasteiger charge is -2.03. The second kappa shape index (κ2) is 2.95. The van der Waals surface area contributed by atoms with Gasteiger partial charge in [0, 0.05) is 12.2 Å². The minimum absolute atomic E-state index is 0.641. The SMILES string of the molecule is CCCn1c(N)nc(C)c1C. The smallest absolute Gasteiger partial charge is 0.200 e. The molecule has 11 heavy (non-hydrogen) atoms. The summed E-state index contributed by atoms with van der Waals surface area (Å²) in [4.78, 5) is 4.17. The van der Waals surface area contributed by atoms with Gasteiger partial charge in [-0.2, -0.15) is 0 Å². The van der Waals surface area contributed by atoms with Gasteiger partial charge in [0.25, 0.3) is 0 Å². The summed E-state index contributed by atoms with van der Waals surface area (Å²) in [5.74, 6) is 0.641. The largest absolute Gasteiger partial charge is 0.369 e. The quantitative estimate of drug-likeness (QED) is 0.699. The molecule has 0 radical (unpaired) electrons. The van der Waals surface area contributed by atoms with Gasteiger partial charge in [-0.3, -0.25) is 0 Å². The van der Waals surface area contributed by atoms with Gasteiger partial charge in [-0.05, 0) is 20.3 Å². The molecular formula is C8H15N3. The number of aromatic nitrogens is 2. The van der Waals surface area contributed by atoms with Gasteiger partial charge in [-0.1, -0.05) is 6.92 Å². The Bertz CT molecular complexity index is 250. The van der Waals surface area contributed by atoms with Crippen molar-refractivity contribution in [1.82, 2.24) is 9.55 Å². The third-order valence-electron chi connectivity index (χ3n) is 1.93. The molecule has 0 aliphatic heterocycles. The van der Waals surface area contributed by atoms with Crippen molar-refractivity contribution >= 4 is 5.95 Å². The van der Waals surface area contributed by atoms with Gasteiger partial charge >= 0.3 is 0 Å². The Hall–Kier alpha value is -0.990. The van der Waals surface area contributed by atoms with Gasteiger partial charge in [-0.25, -0.2) is 4.98 Å². The fraction of sp³-hybridized carbons (Fsp3) is 0.625. The highest BCUT2D eigenvalue weighted by atomic mass is 15.2. The molecule has 1 heterocycles. The van der Waals surface area contributed by atoms with E-state index in [-0.39, 0.29) is 0 Å². The van der Waals surface area contributed by atoms with E-state index in [1.165, 1.54) is 5.69 Å². The van der Waals surface area contributed by atoms with Crippen molar-refractivity contribution in [3.63, 3.8) is 0 Å². The highest BCUT2D eigenvalue weighted by Gasteiger charge is 2.05. The van der Waals surface area contributed by atoms with Crippen LogP contribution in [0.5, 0.6) is 0 Å². The van der Waals surface area contributed by atoms with E-state index in [1.54, 1.807) is 0 Å². The Morgan fingerprint density at radius 2 is 2.09 bits per heavy atom. The van der Waals surface area contributed by atoms with Crippen LogP contribution in [0.4, 0.5) is 5.95 Å². The molecule has 62 valence electrons. The summed E-state index contributed by atoms with van der Waals surface area (Å²) in [6.07, 6.45) is 1.10. The first-order chi connectivity index (χ1) is 5.16. The normalized spacial score (nSPS) is 10.5. The Morgan fingerprint density at radius 1 is 1.45 bits per heavy atom. The zero-order valence-corrected chi connectivity index (χ0v) is 7.39. The van der Waals surface area contributed by atoms with Crippen LogP contribution in [-0.2, 0) is 6.54 Å². The van der Waals surface area contributed by atoms with E-state index in [1.807, 2.05) is 13.8 Å². The number of nitrogens with zero attached hydrogens (tertiary/aromatic N) is 2. The molecule has 0 bridgehead atoms. The van der Waals surface area contributed by atoms with Crippen LogP contribution in [0.1, 0.15) is 24.7 Å². The summed E-state index contributed by atoms with van der Waals surface area (Å²) in [6.45, 7) is 7.14. The number of hydrogen-bond acceptors (Lipinski definition) is 2. The Kier molecular flexibility index (Phi) is 2.17. The van der Waals surface area contributed by atoms with Crippen molar-refractivity contribution in [3.8, 4) is 0 Å². The Balaban J connectivity index is 3.02. The van der Waals surface area contributed by atoms with E-state index < -0.39 is 0 Å². The molecule has 0 aromatic carbocycles. The molecule has 0 amide bonds. The predicted octanol–water partition coefficient (Wildman–Crippen LogP) is 1.49. The summed E-state index contributed by atoms with van der Waals surface area (Å²) >= 11 is 0. The molecule has 3 heteroatoms. The van der Waals surface area contributed by atoms with Crippen LogP contribution in [0.25, 0.3) is 0 Å². The van der Waals surface area contributed by atoms with E-state index in [2.05, 4.69) is 16.5 Å². The molecular weight excluding hydrogens is 138 g/mol. The first-order valence-electron chi connectivity index (χ1n) is 3.96. The van der Waals surface area contributed by atoms with Crippen molar-refractivity contribution in [2.75, 3.05) is 5.73 Å². The molecule has 0 aliphatic rings. The third kappa shape index (κ3) is 1.37. The predicted molar refractivity (Wildman–Crippen MR) is 46.4 cm³/mol.